The molecule has 1 fully saturated rings. The number of carbonyl (C=O) groups is 1. The summed E-state index contributed by atoms with van der Waals surface area (Å²) < 4.78 is 7.38. The molecule has 0 bridgehead atoms. The minimum atomic E-state index is 0.0808. The number of methoxy groups -OCH3 is 1. The Balaban J connectivity index is 1.55. The zero-order valence-electron chi connectivity index (χ0n) is 19.3. The molecule has 3 aromatic rings. The van der Waals surface area contributed by atoms with E-state index in [1.165, 1.54) is 5.69 Å². The second-order valence-corrected chi connectivity index (χ2v) is 8.07. The molecule has 0 atom stereocenters. The lowest BCUT2D eigenvalue weighted by Gasteiger charge is -2.36. The highest BCUT2D eigenvalue weighted by Gasteiger charge is 2.24. The number of pyridine rings is 1. The van der Waals surface area contributed by atoms with Gasteiger partial charge < -0.3 is 19.4 Å². The second-order valence-electron chi connectivity index (χ2n) is 8.07. The SMILES string of the molecule is CCc1nc2ccc(C(=O)N3CCN(c4ccccc4)CC3)cn2c1N(CC)CCOC. The summed E-state index contributed by atoms with van der Waals surface area (Å²) in [7, 11) is 1.72. The van der Waals surface area contributed by atoms with Crippen molar-refractivity contribution in [3.05, 3.63) is 59.9 Å². The highest BCUT2D eigenvalue weighted by molar-refractivity contribution is 5.94. The van der Waals surface area contributed by atoms with Crippen molar-refractivity contribution in [3.8, 4) is 0 Å². The summed E-state index contributed by atoms with van der Waals surface area (Å²) in [5.74, 6) is 1.14. The molecule has 1 amide bonds. The molecule has 0 unspecified atom stereocenters. The van der Waals surface area contributed by atoms with E-state index in [9.17, 15) is 4.79 Å². The van der Waals surface area contributed by atoms with Gasteiger partial charge in [0.25, 0.3) is 5.91 Å². The molecule has 0 aliphatic carbocycles. The number of para-hydroxylation sites is 1. The number of ether oxygens (including phenoxy) is 1. The topological polar surface area (TPSA) is 53.3 Å². The van der Waals surface area contributed by atoms with Crippen LogP contribution in [0.2, 0.25) is 0 Å². The summed E-state index contributed by atoms with van der Waals surface area (Å²) in [6, 6.07) is 14.3. The first kappa shape index (κ1) is 22.1. The van der Waals surface area contributed by atoms with E-state index in [1.807, 2.05) is 29.3 Å². The van der Waals surface area contributed by atoms with Crippen molar-refractivity contribution in [2.45, 2.75) is 20.3 Å². The van der Waals surface area contributed by atoms with Gasteiger partial charge in [-0.05, 0) is 37.6 Å². The number of anilines is 2. The van der Waals surface area contributed by atoms with Gasteiger partial charge in [0, 0.05) is 58.3 Å². The standard InChI is InChI=1S/C25H33N5O2/c1-4-22-24(27(5-2)17-18-32-3)30-19-20(11-12-23(30)26-22)25(31)29-15-13-28(14-16-29)21-9-7-6-8-10-21/h6-12,19H,4-5,13-18H2,1-3H3. The van der Waals surface area contributed by atoms with Gasteiger partial charge in [-0.25, -0.2) is 4.98 Å². The third-order valence-electron chi connectivity index (χ3n) is 6.18. The van der Waals surface area contributed by atoms with Gasteiger partial charge in [-0.3, -0.25) is 9.20 Å². The lowest BCUT2D eigenvalue weighted by Crippen LogP contribution is -2.48. The van der Waals surface area contributed by atoms with Gasteiger partial charge in [0.1, 0.15) is 11.5 Å². The zero-order valence-corrected chi connectivity index (χ0v) is 19.3. The molecule has 3 heterocycles. The molecule has 0 spiro atoms. The molecule has 7 nitrogen and oxygen atoms in total. The van der Waals surface area contributed by atoms with Crippen molar-refractivity contribution in [2.24, 2.45) is 0 Å². The molecule has 0 radical (unpaired) electrons. The summed E-state index contributed by atoms with van der Waals surface area (Å²) in [6.07, 6.45) is 2.80. The minimum Gasteiger partial charge on any atom is -0.383 e. The number of imidazole rings is 1. The Bertz CT molecular complexity index is 1040. The number of amides is 1. The number of carbonyl (C=O) groups excluding carboxylic acids is 1. The average molecular weight is 436 g/mol. The molecule has 0 saturated carbocycles. The molecule has 1 aromatic carbocycles. The van der Waals surface area contributed by atoms with Crippen LogP contribution in [0.3, 0.4) is 0 Å². The van der Waals surface area contributed by atoms with Gasteiger partial charge >= 0.3 is 0 Å². The summed E-state index contributed by atoms with van der Waals surface area (Å²) in [6.45, 7) is 9.66. The van der Waals surface area contributed by atoms with Crippen LogP contribution >= 0.6 is 0 Å². The van der Waals surface area contributed by atoms with Crippen molar-refractivity contribution in [1.82, 2.24) is 14.3 Å². The fraction of sp³-hybridized carbons (Fsp3) is 0.440. The normalized spacial score (nSPS) is 14.2. The van der Waals surface area contributed by atoms with Crippen LogP contribution in [0.5, 0.6) is 0 Å². The predicted octanol–water partition coefficient (Wildman–Crippen LogP) is 3.33. The van der Waals surface area contributed by atoms with Crippen LogP contribution in [0.4, 0.5) is 11.5 Å². The van der Waals surface area contributed by atoms with E-state index >= 15 is 0 Å². The van der Waals surface area contributed by atoms with E-state index in [0.717, 1.165) is 62.8 Å². The van der Waals surface area contributed by atoms with E-state index < -0.39 is 0 Å². The van der Waals surface area contributed by atoms with Crippen LogP contribution in [0.25, 0.3) is 5.65 Å². The monoisotopic (exact) mass is 435 g/mol. The molecule has 0 N–H and O–H groups in total. The zero-order chi connectivity index (χ0) is 22.5. The molecule has 2 aromatic heterocycles. The fourth-order valence-corrected chi connectivity index (χ4v) is 4.38. The Hall–Kier alpha value is -3.06. The van der Waals surface area contributed by atoms with Crippen molar-refractivity contribution in [3.63, 3.8) is 0 Å². The maximum absolute atomic E-state index is 13.3. The molecule has 32 heavy (non-hydrogen) atoms. The Morgan fingerprint density at radius 2 is 1.81 bits per heavy atom. The molecule has 1 aliphatic heterocycles. The minimum absolute atomic E-state index is 0.0808. The fourth-order valence-electron chi connectivity index (χ4n) is 4.38. The number of hydrogen-bond acceptors (Lipinski definition) is 5. The number of likely N-dealkylation sites (N-methyl/N-ethyl adjacent to an activating group) is 1. The number of piperazine rings is 1. The summed E-state index contributed by atoms with van der Waals surface area (Å²) in [5.41, 5.74) is 3.84. The number of hydrogen-bond donors (Lipinski definition) is 0. The van der Waals surface area contributed by atoms with Gasteiger partial charge in [-0.2, -0.15) is 0 Å². The molecular formula is C25H33N5O2. The highest BCUT2D eigenvalue weighted by atomic mass is 16.5. The first-order valence-electron chi connectivity index (χ1n) is 11.5. The Morgan fingerprint density at radius 1 is 1.06 bits per heavy atom. The van der Waals surface area contributed by atoms with E-state index in [4.69, 9.17) is 9.72 Å². The van der Waals surface area contributed by atoms with Gasteiger partial charge in [0.2, 0.25) is 0 Å². The maximum atomic E-state index is 13.3. The number of aryl methyl sites for hydroxylation is 1. The first-order chi connectivity index (χ1) is 15.7. The van der Waals surface area contributed by atoms with Gasteiger partial charge in [0.05, 0.1) is 17.9 Å². The molecule has 4 rings (SSSR count). The number of aromatic nitrogens is 2. The third kappa shape index (κ3) is 4.43. The molecule has 1 aliphatic rings. The molecule has 170 valence electrons. The number of fused-ring (bicyclic) bond motifs is 1. The average Bonchev–Trinajstić information content (AvgIpc) is 3.22. The van der Waals surface area contributed by atoms with Crippen LogP contribution < -0.4 is 9.80 Å². The van der Waals surface area contributed by atoms with Crippen molar-refractivity contribution < 1.29 is 9.53 Å². The van der Waals surface area contributed by atoms with Crippen LogP contribution in [-0.2, 0) is 11.2 Å². The van der Waals surface area contributed by atoms with Crippen molar-refractivity contribution in [1.29, 1.82) is 0 Å². The van der Waals surface area contributed by atoms with Gasteiger partial charge in [-0.15, -0.1) is 0 Å². The van der Waals surface area contributed by atoms with Crippen LogP contribution in [0.1, 0.15) is 29.9 Å². The van der Waals surface area contributed by atoms with Gasteiger partial charge in [0.15, 0.2) is 0 Å². The summed E-state index contributed by atoms with van der Waals surface area (Å²) >= 11 is 0. The highest BCUT2D eigenvalue weighted by Crippen LogP contribution is 2.25. The van der Waals surface area contributed by atoms with Crippen molar-refractivity contribution in [2.75, 3.05) is 62.8 Å². The number of benzene rings is 1. The third-order valence-corrected chi connectivity index (χ3v) is 6.18. The number of nitrogens with zero attached hydrogens (tertiary/aromatic N) is 5. The van der Waals surface area contributed by atoms with E-state index in [1.54, 1.807) is 7.11 Å². The van der Waals surface area contributed by atoms with E-state index in [-0.39, 0.29) is 5.91 Å². The Kier molecular flexibility index (Phi) is 6.95. The van der Waals surface area contributed by atoms with Gasteiger partial charge in [-0.1, -0.05) is 25.1 Å². The smallest absolute Gasteiger partial charge is 0.255 e. The van der Waals surface area contributed by atoms with E-state index in [2.05, 4.69) is 52.3 Å². The Morgan fingerprint density at radius 3 is 2.47 bits per heavy atom. The first-order valence-corrected chi connectivity index (χ1v) is 11.5. The molecule has 7 heteroatoms. The lowest BCUT2D eigenvalue weighted by atomic mass is 10.2. The lowest BCUT2D eigenvalue weighted by molar-refractivity contribution is 0.0746. The van der Waals surface area contributed by atoms with Crippen molar-refractivity contribution >= 4 is 23.1 Å². The number of rotatable bonds is 8. The predicted molar refractivity (Wildman–Crippen MR) is 129 cm³/mol. The molecular weight excluding hydrogens is 402 g/mol. The Labute approximate surface area is 190 Å². The molecule has 1 saturated heterocycles. The quantitative estimate of drug-likeness (QED) is 0.543. The maximum Gasteiger partial charge on any atom is 0.255 e. The van der Waals surface area contributed by atoms with Crippen LogP contribution in [0, 0.1) is 0 Å². The van der Waals surface area contributed by atoms with Crippen LogP contribution in [0.15, 0.2) is 48.7 Å². The largest absolute Gasteiger partial charge is 0.383 e. The summed E-state index contributed by atoms with van der Waals surface area (Å²) in [5, 5.41) is 0. The second kappa shape index (κ2) is 10.0. The summed E-state index contributed by atoms with van der Waals surface area (Å²) in [4.78, 5) is 24.7. The van der Waals surface area contributed by atoms with Crippen LogP contribution in [-0.4, -0.2) is 73.2 Å². The van der Waals surface area contributed by atoms with E-state index in [0.29, 0.717) is 12.2 Å².